The molecule has 1 atom stereocenters. The molecule has 1 nitrogen and oxygen atoms in total. The summed E-state index contributed by atoms with van der Waals surface area (Å²) in [5.41, 5.74) is 3.75. The lowest BCUT2D eigenvalue weighted by molar-refractivity contribution is 0.580. The first-order valence-corrected chi connectivity index (χ1v) is 5.63. The topological polar surface area (TPSA) is 12.9 Å². The van der Waals surface area contributed by atoms with Crippen LogP contribution >= 0.6 is 0 Å². The largest absolute Gasteiger partial charge is 0.258 e. The fraction of sp³-hybridized carbons (Fsp3) is 0.583. The highest BCUT2D eigenvalue weighted by Gasteiger charge is 2.09. The Morgan fingerprint density at radius 2 is 2.07 bits per heavy atom. The summed E-state index contributed by atoms with van der Waals surface area (Å²) in [5, 5.41) is 0. The molecule has 1 rings (SSSR count). The van der Waals surface area contributed by atoms with Crippen molar-refractivity contribution in [3.63, 3.8) is 0 Å². The van der Waals surface area contributed by atoms with E-state index in [1.54, 1.807) is 0 Å². The summed E-state index contributed by atoms with van der Waals surface area (Å²) in [4.78, 5) is 4.66. The third kappa shape index (κ3) is 2.60. The minimum atomic E-state index is 0.652. The van der Waals surface area contributed by atoms with E-state index in [0.29, 0.717) is 5.92 Å². The maximum atomic E-state index is 4.66. The van der Waals surface area contributed by atoms with Crippen LogP contribution in [0.15, 0.2) is 12.1 Å². The molecule has 1 unspecified atom stereocenters. The van der Waals surface area contributed by atoms with Gasteiger partial charge in [-0.25, -0.2) is 0 Å². The average molecular weight is 189 g/mol. The van der Waals surface area contributed by atoms with E-state index in [2.05, 4.69) is 45.7 Å². The van der Waals surface area contributed by atoms with E-state index < -0.39 is 0 Å². The molecule has 1 heterocycles. The van der Waals surface area contributed by atoms with Crippen LogP contribution in [0, 0.1) is 6.92 Å². The Morgan fingerprint density at radius 3 is 2.57 bits per heavy atom. The molecule has 0 radical (unpaired) electrons. The Morgan fingerprint density at radius 1 is 1.36 bits per heavy atom. The van der Waals surface area contributed by atoms with E-state index in [0.717, 1.165) is 0 Å². The maximum Gasteiger partial charge on any atom is 0.141 e. The van der Waals surface area contributed by atoms with E-state index >= 15 is 0 Å². The lowest BCUT2D eigenvalue weighted by Gasteiger charge is -2.14. The highest BCUT2D eigenvalue weighted by molar-refractivity contribution is 6.32. The lowest BCUT2D eigenvalue weighted by Crippen LogP contribution is -2.12. The van der Waals surface area contributed by atoms with Crippen molar-refractivity contribution in [3.8, 4) is 0 Å². The molecule has 0 spiro atoms. The number of nitrogens with zero attached hydrogens (tertiary/aromatic N) is 1. The normalized spacial score (nSPS) is 12.8. The zero-order chi connectivity index (χ0) is 10.6. The Kier molecular flexibility index (Phi) is 4.18. The van der Waals surface area contributed by atoms with Gasteiger partial charge in [0.25, 0.3) is 0 Å². The molecule has 0 aliphatic heterocycles. The average Bonchev–Trinajstić information content (AvgIpc) is 2.19. The van der Waals surface area contributed by atoms with Crippen LogP contribution in [0.4, 0.5) is 0 Å². The van der Waals surface area contributed by atoms with Crippen molar-refractivity contribution in [2.24, 2.45) is 0 Å². The van der Waals surface area contributed by atoms with Gasteiger partial charge in [-0.3, -0.25) is 4.98 Å². The van der Waals surface area contributed by atoms with Crippen LogP contribution in [0.25, 0.3) is 0 Å². The van der Waals surface area contributed by atoms with E-state index in [1.165, 1.54) is 36.1 Å². The first kappa shape index (κ1) is 11.3. The monoisotopic (exact) mass is 189 g/mol. The molecule has 0 saturated carbocycles. The standard InChI is InChI=1S/C12H20BN/c1-4-6-10(5-2)12-8-7-11(13)9(3)14-12/h7-8,10H,4-6,13H2,1-3H3. The van der Waals surface area contributed by atoms with Crippen molar-refractivity contribution in [1.29, 1.82) is 0 Å². The summed E-state index contributed by atoms with van der Waals surface area (Å²) in [6.07, 6.45) is 3.70. The summed E-state index contributed by atoms with van der Waals surface area (Å²) in [6.45, 7) is 6.58. The number of hydrogen-bond acceptors (Lipinski definition) is 1. The van der Waals surface area contributed by atoms with Crippen molar-refractivity contribution in [1.82, 2.24) is 4.98 Å². The summed E-state index contributed by atoms with van der Waals surface area (Å²) in [5.74, 6) is 0.652. The van der Waals surface area contributed by atoms with Crippen LogP contribution in [0.3, 0.4) is 0 Å². The Labute approximate surface area is 88.4 Å². The second-order valence-electron chi connectivity index (χ2n) is 4.03. The molecule has 0 amide bonds. The molecule has 14 heavy (non-hydrogen) atoms. The summed E-state index contributed by atoms with van der Waals surface area (Å²) < 4.78 is 0. The fourth-order valence-electron chi connectivity index (χ4n) is 1.79. The van der Waals surface area contributed by atoms with Crippen molar-refractivity contribution in [2.75, 3.05) is 0 Å². The lowest BCUT2D eigenvalue weighted by atomic mass is 9.91. The number of pyridine rings is 1. The van der Waals surface area contributed by atoms with Gasteiger partial charge >= 0.3 is 0 Å². The SMILES string of the molecule is Bc1ccc(C(CC)CCC)nc1C. The van der Waals surface area contributed by atoms with Gasteiger partial charge in [0.15, 0.2) is 0 Å². The molecule has 2 heteroatoms. The summed E-state index contributed by atoms with van der Waals surface area (Å²) in [7, 11) is 2.12. The minimum Gasteiger partial charge on any atom is -0.258 e. The highest BCUT2D eigenvalue weighted by Crippen LogP contribution is 2.22. The second-order valence-corrected chi connectivity index (χ2v) is 4.03. The number of aromatic nitrogens is 1. The quantitative estimate of drug-likeness (QED) is 0.659. The molecular weight excluding hydrogens is 169 g/mol. The molecule has 1 aromatic heterocycles. The molecule has 76 valence electrons. The summed E-state index contributed by atoms with van der Waals surface area (Å²) in [6, 6.07) is 4.38. The van der Waals surface area contributed by atoms with Crippen LogP contribution in [0.1, 0.15) is 50.4 Å². The predicted octanol–water partition coefficient (Wildman–Crippen LogP) is 1.94. The fourth-order valence-corrected chi connectivity index (χ4v) is 1.79. The first-order valence-electron chi connectivity index (χ1n) is 5.63. The van der Waals surface area contributed by atoms with E-state index in [9.17, 15) is 0 Å². The molecule has 0 saturated heterocycles. The van der Waals surface area contributed by atoms with Gasteiger partial charge in [-0.2, -0.15) is 0 Å². The number of aryl methyl sites for hydroxylation is 1. The number of rotatable bonds is 4. The molecule has 0 N–H and O–H groups in total. The third-order valence-corrected chi connectivity index (χ3v) is 2.92. The van der Waals surface area contributed by atoms with Crippen LogP contribution in [-0.4, -0.2) is 12.8 Å². The van der Waals surface area contributed by atoms with E-state index in [-0.39, 0.29) is 0 Å². The Balaban J connectivity index is 2.88. The maximum absolute atomic E-state index is 4.66. The van der Waals surface area contributed by atoms with Crippen LogP contribution < -0.4 is 5.46 Å². The van der Waals surface area contributed by atoms with E-state index in [1.807, 2.05) is 0 Å². The van der Waals surface area contributed by atoms with Crippen LogP contribution in [0.2, 0.25) is 0 Å². The van der Waals surface area contributed by atoms with Crippen LogP contribution in [0.5, 0.6) is 0 Å². The van der Waals surface area contributed by atoms with Gasteiger partial charge in [0.1, 0.15) is 7.85 Å². The van der Waals surface area contributed by atoms with Gasteiger partial charge in [0.05, 0.1) is 0 Å². The first-order chi connectivity index (χ1) is 6.69. The van der Waals surface area contributed by atoms with Gasteiger partial charge in [-0.15, -0.1) is 0 Å². The molecule has 1 aromatic rings. The molecule has 0 bridgehead atoms. The minimum absolute atomic E-state index is 0.652. The summed E-state index contributed by atoms with van der Waals surface area (Å²) >= 11 is 0. The second kappa shape index (κ2) is 5.18. The molecule has 0 aliphatic rings. The van der Waals surface area contributed by atoms with Crippen molar-refractivity contribution in [2.45, 2.75) is 46.0 Å². The predicted molar refractivity (Wildman–Crippen MR) is 65.1 cm³/mol. The van der Waals surface area contributed by atoms with Crippen LogP contribution in [-0.2, 0) is 0 Å². The zero-order valence-corrected chi connectivity index (χ0v) is 9.80. The van der Waals surface area contributed by atoms with Gasteiger partial charge in [0.2, 0.25) is 0 Å². The number of hydrogen-bond donors (Lipinski definition) is 0. The smallest absolute Gasteiger partial charge is 0.141 e. The Bertz CT molecular complexity index is 296. The van der Waals surface area contributed by atoms with Crippen molar-refractivity contribution in [3.05, 3.63) is 23.5 Å². The molecule has 0 aromatic carbocycles. The Hall–Kier alpha value is -0.785. The molecular formula is C12H20BN. The highest BCUT2D eigenvalue weighted by atomic mass is 14.7. The zero-order valence-electron chi connectivity index (χ0n) is 9.80. The van der Waals surface area contributed by atoms with Crippen molar-refractivity contribution >= 4 is 13.3 Å². The third-order valence-electron chi connectivity index (χ3n) is 2.92. The van der Waals surface area contributed by atoms with Gasteiger partial charge < -0.3 is 0 Å². The molecule has 0 fully saturated rings. The van der Waals surface area contributed by atoms with Gasteiger partial charge in [0, 0.05) is 17.3 Å². The van der Waals surface area contributed by atoms with Gasteiger partial charge in [-0.05, 0) is 25.8 Å². The van der Waals surface area contributed by atoms with Crippen molar-refractivity contribution < 1.29 is 0 Å². The molecule has 0 aliphatic carbocycles. The van der Waals surface area contributed by atoms with Gasteiger partial charge in [-0.1, -0.05) is 31.8 Å². The van der Waals surface area contributed by atoms with E-state index in [4.69, 9.17) is 0 Å².